The van der Waals surface area contributed by atoms with Gasteiger partial charge in [0.2, 0.25) is 0 Å². The Kier molecular flexibility index (Phi) is 8.92. The van der Waals surface area contributed by atoms with Gasteiger partial charge in [-0.25, -0.2) is 9.37 Å². The summed E-state index contributed by atoms with van der Waals surface area (Å²) in [6, 6.07) is 11.1. The van der Waals surface area contributed by atoms with Gasteiger partial charge in [0.05, 0.1) is 18.4 Å². The number of aliphatic imine (C=N–C) groups is 1. The lowest BCUT2D eigenvalue weighted by atomic mass is 10.2. The lowest BCUT2D eigenvalue weighted by Gasteiger charge is -2.37. The van der Waals surface area contributed by atoms with Gasteiger partial charge in [0, 0.05) is 59.1 Å². The van der Waals surface area contributed by atoms with Crippen LogP contribution < -0.4 is 15.1 Å². The minimum Gasteiger partial charge on any atom is -0.375 e. The minimum atomic E-state index is -0.165. The molecule has 4 rings (SSSR count). The van der Waals surface area contributed by atoms with Crippen molar-refractivity contribution >= 4 is 41.4 Å². The average Bonchev–Trinajstić information content (AvgIpc) is 2.80. The van der Waals surface area contributed by atoms with Crippen molar-refractivity contribution in [2.24, 2.45) is 4.99 Å². The van der Waals surface area contributed by atoms with Gasteiger partial charge in [-0.1, -0.05) is 12.1 Å². The fourth-order valence-corrected chi connectivity index (χ4v) is 4.15. The number of hydrogen-bond donors (Lipinski definition) is 1. The first-order chi connectivity index (χ1) is 15.1. The van der Waals surface area contributed by atoms with Gasteiger partial charge in [0.1, 0.15) is 11.6 Å². The van der Waals surface area contributed by atoms with Crippen LogP contribution in [-0.2, 0) is 11.3 Å². The van der Waals surface area contributed by atoms with Crippen LogP contribution in [-0.4, -0.2) is 74.9 Å². The highest BCUT2D eigenvalue weighted by atomic mass is 127. The number of aromatic nitrogens is 1. The summed E-state index contributed by atoms with van der Waals surface area (Å²) in [6.45, 7) is 8.33. The monoisotopic (exact) mass is 554 g/mol. The number of rotatable bonds is 4. The maximum absolute atomic E-state index is 14.1. The molecule has 0 saturated carbocycles. The van der Waals surface area contributed by atoms with E-state index in [1.165, 1.54) is 6.07 Å². The number of halogens is 2. The molecule has 1 unspecified atom stereocenters. The molecular weight excluding hydrogens is 522 g/mol. The Morgan fingerprint density at radius 2 is 1.94 bits per heavy atom. The number of ether oxygens (including phenoxy) is 1. The second-order valence-electron chi connectivity index (χ2n) is 7.98. The van der Waals surface area contributed by atoms with Gasteiger partial charge in [-0.3, -0.25) is 4.99 Å². The van der Waals surface area contributed by atoms with E-state index in [9.17, 15) is 4.39 Å². The molecule has 9 heteroatoms. The molecule has 0 amide bonds. The van der Waals surface area contributed by atoms with Crippen molar-refractivity contribution in [3.05, 3.63) is 54.0 Å². The quantitative estimate of drug-likeness (QED) is 0.357. The van der Waals surface area contributed by atoms with Gasteiger partial charge in [0.15, 0.2) is 5.96 Å². The first-order valence-corrected chi connectivity index (χ1v) is 10.9. The predicted molar refractivity (Wildman–Crippen MR) is 138 cm³/mol. The number of benzene rings is 1. The van der Waals surface area contributed by atoms with Crippen molar-refractivity contribution in [2.75, 3.05) is 62.7 Å². The first-order valence-electron chi connectivity index (χ1n) is 10.9. The lowest BCUT2D eigenvalue weighted by Crippen LogP contribution is -2.52. The Labute approximate surface area is 206 Å². The first kappa shape index (κ1) is 24.5. The maximum atomic E-state index is 14.1. The molecule has 2 aliphatic rings. The third-order valence-corrected chi connectivity index (χ3v) is 5.81. The molecule has 2 aromatic rings. The summed E-state index contributed by atoms with van der Waals surface area (Å²) >= 11 is 0. The third kappa shape index (κ3) is 6.00. The van der Waals surface area contributed by atoms with Crippen LogP contribution >= 0.6 is 24.0 Å². The largest absolute Gasteiger partial charge is 0.375 e. The Balaban J connectivity index is 0.00000289. The molecule has 1 atom stereocenters. The van der Waals surface area contributed by atoms with E-state index in [0.717, 1.165) is 63.2 Å². The van der Waals surface area contributed by atoms with Crippen LogP contribution in [0.15, 0.2) is 47.6 Å². The zero-order chi connectivity index (χ0) is 21.6. The van der Waals surface area contributed by atoms with Crippen molar-refractivity contribution in [2.45, 2.75) is 19.6 Å². The van der Waals surface area contributed by atoms with Crippen LogP contribution in [0.5, 0.6) is 0 Å². The third-order valence-electron chi connectivity index (χ3n) is 5.81. The van der Waals surface area contributed by atoms with E-state index in [1.807, 2.05) is 24.4 Å². The molecular formula is C23H32FIN6O. The Morgan fingerprint density at radius 1 is 1.16 bits per heavy atom. The number of guanidine groups is 1. The summed E-state index contributed by atoms with van der Waals surface area (Å²) < 4.78 is 19.7. The number of hydrogen-bond acceptors (Lipinski definition) is 5. The molecule has 0 aliphatic carbocycles. The highest BCUT2D eigenvalue weighted by molar-refractivity contribution is 14.0. The molecule has 0 radical (unpaired) electrons. The highest BCUT2D eigenvalue weighted by Crippen LogP contribution is 2.20. The molecule has 0 spiro atoms. The summed E-state index contributed by atoms with van der Waals surface area (Å²) in [5.74, 6) is 1.69. The van der Waals surface area contributed by atoms with Crippen LogP contribution in [0.3, 0.4) is 0 Å². The zero-order valence-corrected chi connectivity index (χ0v) is 21.0. The predicted octanol–water partition coefficient (Wildman–Crippen LogP) is 2.96. The molecule has 0 bridgehead atoms. The number of pyridine rings is 1. The van der Waals surface area contributed by atoms with E-state index < -0.39 is 0 Å². The molecule has 1 aromatic carbocycles. The van der Waals surface area contributed by atoms with E-state index in [1.54, 1.807) is 13.1 Å². The Bertz CT molecular complexity index is 906. The average molecular weight is 554 g/mol. The van der Waals surface area contributed by atoms with Gasteiger partial charge in [0.25, 0.3) is 0 Å². The smallest absolute Gasteiger partial charge is 0.194 e. The van der Waals surface area contributed by atoms with Crippen LogP contribution in [0.2, 0.25) is 0 Å². The molecule has 1 N–H and O–H groups in total. The van der Waals surface area contributed by atoms with Crippen LogP contribution in [0.4, 0.5) is 15.9 Å². The highest BCUT2D eigenvalue weighted by Gasteiger charge is 2.22. The normalized spacial score (nSPS) is 19.5. The van der Waals surface area contributed by atoms with Gasteiger partial charge in [-0.05, 0) is 36.8 Å². The molecule has 2 fully saturated rings. The van der Waals surface area contributed by atoms with E-state index >= 15 is 0 Å². The Hall–Kier alpha value is -2.14. The summed E-state index contributed by atoms with van der Waals surface area (Å²) in [5.41, 5.74) is 1.84. The number of para-hydroxylation sites is 1. The van der Waals surface area contributed by atoms with E-state index in [-0.39, 0.29) is 35.9 Å². The fraction of sp³-hybridized carbons (Fsp3) is 0.478. The van der Waals surface area contributed by atoms with Crippen molar-refractivity contribution in [1.29, 1.82) is 0 Å². The fourth-order valence-electron chi connectivity index (χ4n) is 4.15. The number of anilines is 2. The second-order valence-corrected chi connectivity index (χ2v) is 7.98. The molecule has 32 heavy (non-hydrogen) atoms. The van der Waals surface area contributed by atoms with Crippen LogP contribution in [0, 0.1) is 5.82 Å². The van der Waals surface area contributed by atoms with Crippen molar-refractivity contribution in [3.63, 3.8) is 0 Å². The van der Waals surface area contributed by atoms with Gasteiger partial charge in [-0.15, -0.1) is 24.0 Å². The van der Waals surface area contributed by atoms with Gasteiger partial charge < -0.3 is 24.8 Å². The van der Waals surface area contributed by atoms with E-state index in [4.69, 9.17) is 4.74 Å². The van der Waals surface area contributed by atoms with Crippen LogP contribution in [0.1, 0.15) is 12.5 Å². The number of morpholine rings is 1. The lowest BCUT2D eigenvalue weighted by molar-refractivity contribution is 0.0529. The molecule has 3 heterocycles. The zero-order valence-electron chi connectivity index (χ0n) is 18.7. The Morgan fingerprint density at radius 3 is 2.66 bits per heavy atom. The number of piperazine rings is 1. The molecule has 2 aliphatic heterocycles. The molecule has 2 saturated heterocycles. The second kappa shape index (κ2) is 11.6. The number of nitrogens with zero attached hydrogens (tertiary/aromatic N) is 5. The molecule has 174 valence electrons. The summed E-state index contributed by atoms with van der Waals surface area (Å²) in [5, 5.41) is 3.47. The van der Waals surface area contributed by atoms with E-state index in [2.05, 4.69) is 43.0 Å². The van der Waals surface area contributed by atoms with E-state index in [0.29, 0.717) is 12.2 Å². The van der Waals surface area contributed by atoms with Crippen molar-refractivity contribution in [1.82, 2.24) is 15.2 Å². The van der Waals surface area contributed by atoms with Crippen LogP contribution in [0.25, 0.3) is 0 Å². The summed E-state index contributed by atoms with van der Waals surface area (Å²) in [4.78, 5) is 15.6. The standard InChI is InChI=1S/C23H31FN6O.HI/c1-18-17-30(13-14-31-18)22-15-19(7-8-26-22)16-27-23(25-2)29-11-9-28(10-12-29)21-6-4-3-5-20(21)24;/h3-8,15,18H,9-14,16-17H2,1-2H3,(H,25,27);1H. The molecule has 1 aromatic heterocycles. The summed E-state index contributed by atoms with van der Waals surface area (Å²) in [7, 11) is 1.80. The van der Waals surface area contributed by atoms with Crippen molar-refractivity contribution in [3.8, 4) is 0 Å². The number of nitrogens with one attached hydrogen (secondary N) is 1. The SMILES string of the molecule is CN=C(NCc1ccnc(N2CCOC(C)C2)c1)N1CCN(c2ccccc2F)CC1.I. The van der Waals surface area contributed by atoms with Crippen molar-refractivity contribution < 1.29 is 9.13 Å². The molecule has 7 nitrogen and oxygen atoms in total. The summed E-state index contributed by atoms with van der Waals surface area (Å²) in [6.07, 6.45) is 2.08. The maximum Gasteiger partial charge on any atom is 0.194 e. The minimum absolute atomic E-state index is 0. The van der Waals surface area contributed by atoms with Gasteiger partial charge in [-0.2, -0.15) is 0 Å². The topological polar surface area (TPSA) is 56.2 Å². The van der Waals surface area contributed by atoms with Gasteiger partial charge >= 0.3 is 0 Å².